The van der Waals surface area contributed by atoms with E-state index in [1.807, 2.05) is 66.7 Å². The largest absolute Gasteiger partial charge is 0.478 e. The highest BCUT2D eigenvalue weighted by molar-refractivity contribution is 5.94. The number of hydrogen-bond donors (Lipinski definition) is 1. The summed E-state index contributed by atoms with van der Waals surface area (Å²) in [5.74, 6) is -1.30. The van der Waals surface area contributed by atoms with Crippen LogP contribution in [0.3, 0.4) is 0 Å². The summed E-state index contributed by atoms with van der Waals surface area (Å²) in [5, 5.41) is 9.56. The highest BCUT2D eigenvalue weighted by Gasteiger charge is 2.10. The number of benzene rings is 4. The smallest absolute Gasteiger partial charge is 0.336 e. The molecule has 0 aliphatic rings. The number of carboxylic acid groups (broad SMARTS) is 1. The molecular weight excluding hydrogens is 399 g/mol. The third-order valence-corrected chi connectivity index (χ3v) is 5.12. The van der Waals surface area contributed by atoms with Gasteiger partial charge in [-0.2, -0.15) is 0 Å². The summed E-state index contributed by atoms with van der Waals surface area (Å²) < 4.78 is 13.2. The topological polar surface area (TPSA) is 37.3 Å². The first-order valence-corrected chi connectivity index (χ1v) is 10.2. The molecule has 3 heteroatoms. The Labute approximate surface area is 186 Å². The average molecular weight is 420 g/mol. The molecule has 4 aromatic carbocycles. The van der Waals surface area contributed by atoms with Crippen LogP contribution >= 0.6 is 0 Å². The Kier molecular flexibility index (Phi) is 6.38. The van der Waals surface area contributed by atoms with E-state index in [0.29, 0.717) is 5.56 Å². The number of hydrogen-bond acceptors (Lipinski definition) is 1. The van der Waals surface area contributed by atoms with Crippen LogP contribution in [0.15, 0.2) is 97.1 Å². The number of rotatable bonds is 6. The van der Waals surface area contributed by atoms with Crippen molar-refractivity contribution in [1.29, 1.82) is 0 Å². The summed E-state index contributed by atoms with van der Waals surface area (Å²) in [5.41, 5.74) is 5.64. The molecule has 0 aromatic heterocycles. The highest BCUT2D eigenvalue weighted by Crippen LogP contribution is 2.25. The third-order valence-electron chi connectivity index (χ3n) is 5.12. The molecule has 0 radical (unpaired) electrons. The molecular formula is C29H21FO2. The number of aromatic carboxylic acids is 1. The molecule has 0 aliphatic heterocycles. The summed E-state index contributed by atoms with van der Waals surface area (Å²) >= 11 is 0. The molecule has 0 saturated carbocycles. The van der Waals surface area contributed by atoms with Gasteiger partial charge in [-0.15, -0.1) is 0 Å². The molecule has 0 bridgehead atoms. The second kappa shape index (κ2) is 9.71. The molecule has 0 fully saturated rings. The normalized spacial score (nSPS) is 11.3. The van der Waals surface area contributed by atoms with Crippen molar-refractivity contribution in [2.24, 2.45) is 0 Å². The van der Waals surface area contributed by atoms with Gasteiger partial charge in [-0.3, -0.25) is 0 Å². The zero-order valence-electron chi connectivity index (χ0n) is 17.3. The van der Waals surface area contributed by atoms with Crippen LogP contribution in [0.4, 0.5) is 4.39 Å². The Balaban J connectivity index is 1.56. The average Bonchev–Trinajstić information content (AvgIpc) is 2.83. The van der Waals surface area contributed by atoms with Gasteiger partial charge in [-0.05, 0) is 57.6 Å². The lowest BCUT2D eigenvalue weighted by Crippen LogP contribution is -1.99. The van der Waals surface area contributed by atoms with Gasteiger partial charge in [-0.1, -0.05) is 97.1 Å². The van der Waals surface area contributed by atoms with E-state index in [0.717, 1.165) is 27.8 Å². The standard InChI is InChI=1S/C29H21FO2/c30-27-17-14-24(15-18-27)25-16-19-28(29(31)32)26(20-25)13-12-23-10-8-22(9-11-23)7-6-21-4-2-1-3-5-21/h1-20H,(H,31,32)/b7-6+,13-12+. The molecule has 1 N–H and O–H groups in total. The maximum atomic E-state index is 13.2. The lowest BCUT2D eigenvalue weighted by atomic mass is 9.98. The Hall–Kier alpha value is -4.24. The van der Waals surface area contributed by atoms with Crippen LogP contribution in [-0.4, -0.2) is 11.1 Å². The van der Waals surface area contributed by atoms with Crippen molar-refractivity contribution in [1.82, 2.24) is 0 Å². The molecule has 0 unspecified atom stereocenters. The molecule has 0 amide bonds. The lowest BCUT2D eigenvalue weighted by Gasteiger charge is -2.07. The van der Waals surface area contributed by atoms with E-state index in [2.05, 4.69) is 12.2 Å². The van der Waals surface area contributed by atoms with E-state index in [-0.39, 0.29) is 11.4 Å². The third kappa shape index (κ3) is 5.27. The van der Waals surface area contributed by atoms with Crippen LogP contribution in [-0.2, 0) is 0 Å². The predicted octanol–water partition coefficient (Wildman–Crippen LogP) is 7.53. The van der Waals surface area contributed by atoms with Crippen LogP contribution in [0.1, 0.15) is 32.6 Å². The monoisotopic (exact) mass is 420 g/mol. The SMILES string of the molecule is O=C(O)c1ccc(-c2ccc(F)cc2)cc1/C=C/c1ccc(/C=C/c2ccccc2)cc1. The van der Waals surface area contributed by atoms with Crippen molar-refractivity contribution in [2.45, 2.75) is 0 Å². The maximum absolute atomic E-state index is 13.2. The fourth-order valence-corrected chi connectivity index (χ4v) is 3.38. The summed E-state index contributed by atoms with van der Waals surface area (Å²) in [7, 11) is 0. The van der Waals surface area contributed by atoms with Crippen molar-refractivity contribution >= 4 is 30.3 Å². The summed E-state index contributed by atoms with van der Waals surface area (Å²) in [6, 6.07) is 29.4. The van der Waals surface area contributed by atoms with E-state index < -0.39 is 5.97 Å². The Morgan fingerprint density at radius 1 is 0.625 bits per heavy atom. The summed E-state index contributed by atoms with van der Waals surface area (Å²) in [6.07, 6.45) is 7.80. The van der Waals surface area contributed by atoms with E-state index in [1.165, 1.54) is 12.1 Å². The Morgan fingerprint density at radius 3 is 1.75 bits per heavy atom. The van der Waals surface area contributed by atoms with Gasteiger partial charge in [0, 0.05) is 0 Å². The van der Waals surface area contributed by atoms with Gasteiger partial charge in [0.15, 0.2) is 0 Å². The first kappa shape index (κ1) is 21.0. The van der Waals surface area contributed by atoms with E-state index in [9.17, 15) is 14.3 Å². The van der Waals surface area contributed by atoms with E-state index in [1.54, 1.807) is 30.3 Å². The summed E-state index contributed by atoms with van der Waals surface area (Å²) in [6.45, 7) is 0. The molecule has 0 spiro atoms. The minimum atomic E-state index is -0.989. The quantitative estimate of drug-likeness (QED) is 0.327. The number of halogens is 1. The Morgan fingerprint density at radius 2 is 1.16 bits per heavy atom. The maximum Gasteiger partial charge on any atom is 0.336 e. The molecule has 0 atom stereocenters. The zero-order chi connectivity index (χ0) is 22.3. The second-order valence-corrected chi connectivity index (χ2v) is 7.36. The van der Waals surface area contributed by atoms with Gasteiger partial charge in [0.25, 0.3) is 0 Å². The molecule has 4 rings (SSSR count). The molecule has 156 valence electrons. The molecule has 0 aliphatic carbocycles. The van der Waals surface area contributed by atoms with Crippen LogP contribution < -0.4 is 0 Å². The predicted molar refractivity (Wildman–Crippen MR) is 130 cm³/mol. The van der Waals surface area contributed by atoms with Crippen molar-refractivity contribution in [3.63, 3.8) is 0 Å². The van der Waals surface area contributed by atoms with Gasteiger partial charge >= 0.3 is 5.97 Å². The van der Waals surface area contributed by atoms with Crippen molar-refractivity contribution < 1.29 is 14.3 Å². The highest BCUT2D eigenvalue weighted by atomic mass is 19.1. The first-order chi connectivity index (χ1) is 15.6. The van der Waals surface area contributed by atoms with Gasteiger partial charge in [-0.25, -0.2) is 9.18 Å². The zero-order valence-corrected chi connectivity index (χ0v) is 17.3. The van der Waals surface area contributed by atoms with Crippen molar-refractivity contribution in [3.8, 4) is 11.1 Å². The Bertz CT molecular complexity index is 1270. The second-order valence-electron chi connectivity index (χ2n) is 7.36. The minimum absolute atomic E-state index is 0.217. The molecule has 0 saturated heterocycles. The minimum Gasteiger partial charge on any atom is -0.478 e. The number of carboxylic acids is 1. The van der Waals surface area contributed by atoms with E-state index in [4.69, 9.17) is 0 Å². The van der Waals surface area contributed by atoms with Crippen LogP contribution in [0, 0.1) is 5.82 Å². The van der Waals surface area contributed by atoms with Crippen LogP contribution in [0.5, 0.6) is 0 Å². The van der Waals surface area contributed by atoms with Crippen molar-refractivity contribution in [3.05, 3.63) is 131 Å². The van der Waals surface area contributed by atoms with Crippen LogP contribution in [0.25, 0.3) is 35.4 Å². The van der Waals surface area contributed by atoms with Gasteiger partial charge in [0.2, 0.25) is 0 Å². The van der Waals surface area contributed by atoms with Gasteiger partial charge < -0.3 is 5.11 Å². The number of carbonyl (C=O) groups is 1. The molecule has 32 heavy (non-hydrogen) atoms. The fourth-order valence-electron chi connectivity index (χ4n) is 3.38. The molecule has 2 nitrogen and oxygen atoms in total. The van der Waals surface area contributed by atoms with E-state index >= 15 is 0 Å². The fraction of sp³-hybridized carbons (Fsp3) is 0. The first-order valence-electron chi connectivity index (χ1n) is 10.2. The molecule has 4 aromatic rings. The van der Waals surface area contributed by atoms with Gasteiger partial charge in [0.05, 0.1) is 5.56 Å². The van der Waals surface area contributed by atoms with Crippen molar-refractivity contribution in [2.75, 3.05) is 0 Å². The lowest BCUT2D eigenvalue weighted by molar-refractivity contribution is 0.0696. The van der Waals surface area contributed by atoms with Crippen LogP contribution in [0.2, 0.25) is 0 Å². The molecule has 0 heterocycles. The summed E-state index contributed by atoms with van der Waals surface area (Å²) in [4.78, 5) is 11.7. The van der Waals surface area contributed by atoms with Gasteiger partial charge in [0.1, 0.15) is 5.82 Å².